The summed E-state index contributed by atoms with van der Waals surface area (Å²) < 4.78 is 10.3. The van der Waals surface area contributed by atoms with Crippen molar-refractivity contribution in [2.75, 3.05) is 17.7 Å². The van der Waals surface area contributed by atoms with Crippen molar-refractivity contribution in [1.82, 2.24) is 5.16 Å². The lowest BCUT2D eigenvalue weighted by Crippen LogP contribution is -2.22. The summed E-state index contributed by atoms with van der Waals surface area (Å²) in [4.78, 5) is 25.2. The third kappa shape index (κ3) is 4.86. The number of aromatic nitrogens is 1. The van der Waals surface area contributed by atoms with Crippen LogP contribution < -0.4 is 5.32 Å². The molecule has 0 radical (unpaired) electrons. The molecule has 0 fully saturated rings. The van der Waals surface area contributed by atoms with Gasteiger partial charge in [0.15, 0.2) is 12.4 Å². The second kappa shape index (κ2) is 9.06. The van der Waals surface area contributed by atoms with Gasteiger partial charge in [-0.15, -0.1) is 11.8 Å². The van der Waals surface area contributed by atoms with Crippen LogP contribution in [-0.4, -0.2) is 29.4 Å². The molecule has 1 aromatic heterocycles. The van der Waals surface area contributed by atoms with Crippen molar-refractivity contribution in [3.63, 3.8) is 0 Å². The molecule has 1 aromatic carbocycles. The van der Waals surface area contributed by atoms with E-state index in [0.29, 0.717) is 17.1 Å². The highest BCUT2D eigenvalue weighted by molar-refractivity contribution is 7.99. The van der Waals surface area contributed by atoms with Gasteiger partial charge in [0.2, 0.25) is 0 Å². The number of hydrogen-bond acceptors (Lipinski definition) is 7. The molecule has 1 amide bonds. The van der Waals surface area contributed by atoms with Crippen molar-refractivity contribution in [3.05, 3.63) is 41.3 Å². The minimum atomic E-state index is -0.644. The van der Waals surface area contributed by atoms with Crippen molar-refractivity contribution in [2.24, 2.45) is 0 Å². The van der Waals surface area contributed by atoms with E-state index in [9.17, 15) is 9.59 Å². The minimum absolute atomic E-state index is 0.0309. The van der Waals surface area contributed by atoms with E-state index in [4.69, 9.17) is 14.5 Å². The van der Waals surface area contributed by atoms with E-state index in [2.05, 4.69) is 10.5 Å². The molecule has 1 heterocycles. The highest BCUT2D eigenvalue weighted by Gasteiger charge is 2.24. The summed E-state index contributed by atoms with van der Waals surface area (Å²) >= 11 is 1.31. The molecular formula is C18H19N3O4S. The molecule has 0 saturated heterocycles. The standard InChI is InChI=1S/C18H19N3O4S/c1-11(2)17-16(12(3)21-25-17)18(23)24-10-15(22)20-13-6-4-5-7-14(13)26-9-8-19/h4-7,11H,9-10H2,1-3H3,(H,20,22). The Kier molecular flexibility index (Phi) is 6.81. The zero-order valence-corrected chi connectivity index (χ0v) is 15.6. The summed E-state index contributed by atoms with van der Waals surface area (Å²) in [5, 5.41) is 15.2. The lowest BCUT2D eigenvalue weighted by atomic mass is 10.1. The predicted molar refractivity (Wildman–Crippen MR) is 97.0 cm³/mol. The Bertz CT molecular complexity index is 839. The molecule has 0 saturated carbocycles. The van der Waals surface area contributed by atoms with Crippen molar-refractivity contribution in [3.8, 4) is 6.07 Å². The van der Waals surface area contributed by atoms with Gasteiger partial charge in [-0.1, -0.05) is 31.1 Å². The molecule has 136 valence electrons. The zero-order valence-electron chi connectivity index (χ0n) is 14.7. The molecule has 7 nitrogen and oxygen atoms in total. The van der Waals surface area contributed by atoms with Crippen LogP contribution in [0, 0.1) is 18.3 Å². The minimum Gasteiger partial charge on any atom is -0.452 e. The molecule has 2 aromatic rings. The molecule has 8 heteroatoms. The molecule has 0 bridgehead atoms. The van der Waals surface area contributed by atoms with E-state index >= 15 is 0 Å². The van der Waals surface area contributed by atoms with Crippen LogP contribution in [0.2, 0.25) is 0 Å². The van der Waals surface area contributed by atoms with Gasteiger partial charge in [0.25, 0.3) is 5.91 Å². The van der Waals surface area contributed by atoms with E-state index in [1.54, 1.807) is 25.1 Å². The van der Waals surface area contributed by atoms with Gasteiger partial charge in [-0.25, -0.2) is 4.79 Å². The summed E-state index contributed by atoms with van der Waals surface area (Å²) in [5.74, 6) is -0.437. The van der Waals surface area contributed by atoms with Crippen LogP contribution in [0.3, 0.4) is 0 Å². The Labute approximate surface area is 155 Å². The highest BCUT2D eigenvalue weighted by atomic mass is 32.2. The number of carbonyl (C=O) groups is 2. The smallest absolute Gasteiger partial charge is 0.344 e. The van der Waals surface area contributed by atoms with E-state index in [1.807, 2.05) is 26.0 Å². The van der Waals surface area contributed by atoms with Gasteiger partial charge in [0.1, 0.15) is 5.56 Å². The lowest BCUT2D eigenvalue weighted by Gasteiger charge is -2.10. The van der Waals surface area contributed by atoms with Gasteiger partial charge < -0.3 is 14.6 Å². The van der Waals surface area contributed by atoms with Crippen LogP contribution in [0.5, 0.6) is 0 Å². The van der Waals surface area contributed by atoms with Gasteiger partial charge in [-0.05, 0) is 19.1 Å². The Morgan fingerprint density at radius 1 is 1.38 bits per heavy atom. The molecule has 0 aliphatic carbocycles. The summed E-state index contributed by atoms with van der Waals surface area (Å²) in [6.07, 6.45) is 0. The third-order valence-electron chi connectivity index (χ3n) is 3.41. The molecule has 0 spiro atoms. The van der Waals surface area contributed by atoms with Gasteiger partial charge in [0.05, 0.1) is 23.2 Å². The average molecular weight is 373 g/mol. The number of rotatable bonds is 7. The van der Waals surface area contributed by atoms with E-state index in [0.717, 1.165) is 4.90 Å². The average Bonchev–Trinajstić information content (AvgIpc) is 3.01. The zero-order chi connectivity index (χ0) is 19.1. The number of hydrogen-bond donors (Lipinski definition) is 1. The van der Waals surface area contributed by atoms with Gasteiger partial charge >= 0.3 is 5.97 Å². The summed E-state index contributed by atoms with van der Waals surface area (Å²) in [5.41, 5.74) is 1.26. The Hall–Kier alpha value is -2.79. The fraction of sp³-hybridized carbons (Fsp3) is 0.333. The first-order valence-corrected chi connectivity index (χ1v) is 8.94. The van der Waals surface area contributed by atoms with Crippen LogP contribution in [0.1, 0.15) is 41.6 Å². The van der Waals surface area contributed by atoms with Crippen molar-refractivity contribution >= 4 is 29.3 Å². The fourth-order valence-corrected chi connectivity index (χ4v) is 2.89. The normalized spacial score (nSPS) is 10.4. The first-order chi connectivity index (χ1) is 12.4. The van der Waals surface area contributed by atoms with Crippen molar-refractivity contribution in [1.29, 1.82) is 5.26 Å². The van der Waals surface area contributed by atoms with Crippen molar-refractivity contribution < 1.29 is 18.8 Å². The van der Waals surface area contributed by atoms with Crippen LogP contribution in [-0.2, 0) is 9.53 Å². The van der Waals surface area contributed by atoms with E-state index in [-0.39, 0.29) is 17.2 Å². The number of ether oxygens (including phenoxy) is 1. The Balaban J connectivity index is 1.99. The number of para-hydroxylation sites is 1. The van der Waals surface area contributed by atoms with Crippen LogP contribution in [0.4, 0.5) is 5.69 Å². The lowest BCUT2D eigenvalue weighted by molar-refractivity contribution is -0.119. The maximum Gasteiger partial charge on any atom is 0.344 e. The van der Waals surface area contributed by atoms with Crippen molar-refractivity contribution in [2.45, 2.75) is 31.6 Å². The molecule has 2 rings (SSSR count). The second-order valence-electron chi connectivity index (χ2n) is 5.73. The van der Waals surface area contributed by atoms with Crippen LogP contribution in [0.15, 0.2) is 33.7 Å². The number of esters is 1. The summed E-state index contributed by atoms with van der Waals surface area (Å²) in [7, 11) is 0. The highest BCUT2D eigenvalue weighted by Crippen LogP contribution is 2.26. The number of benzene rings is 1. The fourth-order valence-electron chi connectivity index (χ4n) is 2.22. The summed E-state index contributed by atoms with van der Waals surface area (Å²) in [6, 6.07) is 9.15. The number of anilines is 1. The first-order valence-electron chi connectivity index (χ1n) is 7.96. The number of nitriles is 1. The van der Waals surface area contributed by atoms with E-state index < -0.39 is 18.5 Å². The number of carbonyl (C=O) groups excluding carboxylic acids is 2. The predicted octanol–water partition coefficient (Wildman–Crippen LogP) is 3.52. The van der Waals surface area contributed by atoms with Gasteiger partial charge in [-0.2, -0.15) is 5.26 Å². The molecule has 0 aliphatic heterocycles. The quantitative estimate of drug-likeness (QED) is 0.585. The maximum atomic E-state index is 12.3. The van der Waals surface area contributed by atoms with Gasteiger partial charge in [-0.3, -0.25) is 4.79 Å². The Morgan fingerprint density at radius 3 is 2.81 bits per heavy atom. The maximum absolute atomic E-state index is 12.3. The monoisotopic (exact) mass is 373 g/mol. The molecular weight excluding hydrogens is 354 g/mol. The number of aryl methyl sites for hydroxylation is 1. The third-order valence-corrected chi connectivity index (χ3v) is 4.35. The van der Waals surface area contributed by atoms with E-state index in [1.165, 1.54) is 11.8 Å². The Morgan fingerprint density at radius 2 is 2.12 bits per heavy atom. The van der Waals surface area contributed by atoms with Crippen LogP contribution in [0.25, 0.3) is 0 Å². The molecule has 1 N–H and O–H groups in total. The number of thioether (sulfide) groups is 1. The first kappa shape index (κ1) is 19.5. The largest absolute Gasteiger partial charge is 0.452 e. The topological polar surface area (TPSA) is 105 Å². The molecule has 0 aliphatic rings. The SMILES string of the molecule is Cc1noc(C(C)C)c1C(=O)OCC(=O)Nc1ccccc1SCC#N. The molecule has 0 atom stereocenters. The summed E-state index contributed by atoms with van der Waals surface area (Å²) in [6.45, 7) is 4.96. The number of amides is 1. The molecule has 0 unspecified atom stereocenters. The van der Waals surface area contributed by atoms with Gasteiger partial charge in [0, 0.05) is 10.8 Å². The van der Waals surface area contributed by atoms with Crippen LogP contribution >= 0.6 is 11.8 Å². The second-order valence-corrected chi connectivity index (χ2v) is 6.75. The number of nitrogens with one attached hydrogen (secondary N) is 1. The molecule has 26 heavy (non-hydrogen) atoms. The number of nitrogens with zero attached hydrogens (tertiary/aromatic N) is 2.